The Labute approximate surface area is 214 Å². The molecule has 0 spiro atoms. The predicted molar refractivity (Wildman–Crippen MR) is 140 cm³/mol. The molecule has 0 aliphatic carbocycles. The standard InChI is InChI=1S/C26H37FN4O4S/c1-7-20(4)28-26(33)24(8-2)30(17-21-11-9-10-19(3)16-21)25(32)18-31(36(34,35)29(5)6)23-14-12-22(27)13-15-23/h9-16,20,24H,7-8,17-18H2,1-6H3,(H,28,33)/t20-,24+/m1/s1. The summed E-state index contributed by atoms with van der Waals surface area (Å²) in [5.41, 5.74) is 1.97. The molecule has 0 saturated heterocycles. The molecular formula is C26H37FN4O4S. The van der Waals surface area contributed by atoms with Crippen molar-refractivity contribution in [3.8, 4) is 0 Å². The molecule has 0 bridgehead atoms. The van der Waals surface area contributed by atoms with Crippen LogP contribution in [0.15, 0.2) is 48.5 Å². The van der Waals surface area contributed by atoms with Crippen molar-refractivity contribution in [1.29, 1.82) is 0 Å². The molecule has 2 aromatic carbocycles. The number of carbonyl (C=O) groups is 2. The first-order chi connectivity index (χ1) is 16.9. The second-order valence-corrected chi connectivity index (χ2v) is 11.1. The van der Waals surface area contributed by atoms with Gasteiger partial charge in [-0.2, -0.15) is 12.7 Å². The highest BCUT2D eigenvalue weighted by Crippen LogP contribution is 2.22. The molecule has 0 radical (unpaired) electrons. The van der Waals surface area contributed by atoms with Gasteiger partial charge in [-0.3, -0.25) is 9.59 Å². The summed E-state index contributed by atoms with van der Waals surface area (Å²) in [4.78, 5) is 28.3. The summed E-state index contributed by atoms with van der Waals surface area (Å²) >= 11 is 0. The molecular weight excluding hydrogens is 483 g/mol. The summed E-state index contributed by atoms with van der Waals surface area (Å²) in [6.07, 6.45) is 1.07. The maximum absolute atomic E-state index is 13.8. The molecule has 0 saturated carbocycles. The Hall–Kier alpha value is -2.98. The number of nitrogens with zero attached hydrogens (tertiary/aromatic N) is 3. The third-order valence-corrected chi connectivity index (χ3v) is 7.78. The minimum absolute atomic E-state index is 0.0766. The van der Waals surface area contributed by atoms with Gasteiger partial charge in [0.1, 0.15) is 18.4 Å². The van der Waals surface area contributed by atoms with Gasteiger partial charge in [-0.25, -0.2) is 8.70 Å². The third kappa shape index (κ3) is 7.51. The number of halogens is 1. The number of nitrogens with one attached hydrogen (secondary N) is 1. The molecule has 0 aliphatic rings. The SMILES string of the molecule is CC[C@@H](C)NC(=O)[C@H](CC)N(Cc1cccc(C)c1)C(=O)CN(c1ccc(F)cc1)S(=O)(=O)N(C)C. The average Bonchev–Trinajstić information content (AvgIpc) is 2.82. The fourth-order valence-corrected chi connectivity index (χ4v) is 4.75. The van der Waals surface area contributed by atoms with Gasteiger partial charge in [0.15, 0.2) is 0 Å². The summed E-state index contributed by atoms with van der Waals surface area (Å²) in [7, 11) is -1.38. The molecule has 198 valence electrons. The quantitative estimate of drug-likeness (QED) is 0.464. The maximum atomic E-state index is 13.8. The van der Waals surface area contributed by atoms with Gasteiger partial charge in [0.25, 0.3) is 0 Å². The smallest absolute Gasteiger partial charge is 0.304 e. The van der Waals surface area contributed by atoms with E-state index in [1.807, 2.05) is 52.0 Å². The van der Waals surface area contributed by atoms with Gasteiger partial charge in [0.2, 0.25) is 11.8 Å². The fourth-order valence-electron chi connectivity index (χ4n) is 3.69. The monoisotopic (exact) mass is 520 g/mol. The van der Waals surface area contributed by atoms with E-state index in [2.05, 4.69) is 5.32 Å². The summed E-state index contributed by atoms with van der Waals surface area (Å²) in [6.45, 7) is 7.16. The second kappa shape index (κ2) is 12.8. The Morgan fingerprint density at radius 2 is 1.67 bits per heavy atom. The largest absolute Gasteiger partial charge is 0.352 e. The molecule has 0 aromatic heterocycles. The molecule has 2 rings (SSSR count). The van der Waals surface area contributed by atoms with Crippen LogP contribution in [0.3, 0.4) is 0 Å². The first-order valence-corrected chi connectivity index (χ1v) is 13.4. The number of benzene rings is 2. The summed E-state index contributed by atoms with van der Waals surface area (Å²) < 4.78 is 41.7. The number of carbonyl (C=O) groups excluding carboxylic acids is 2. The highest BCUT2D eigenvalue weighted by atomic mass is 32.2. The summed E-state index contributed by atoms with van der Waals surface area (Å²) in [6, 6.07) is 11.6. The topological polar surface area (TPSA) is 90.0 Å². The molecule has 2 amide bonds. The van der Waals surface area contributed by atoms with Gasteiger partial charge in [0, 0.05) is 26.7 Å². The zero-order valence-corrected chi connectivity index (χ0v) is 22.7. The van der Waals surface area contributed by atoms with E-state index in [1.165, 1.54) is 31.1 Å². The molecule has 0 fully saturated rings. The highest BCUT2D eigenvalue weighted by molar-refractivity contribution is 7.90. The number of anilines is 1. The van der Waals surface area contributed by atoms with E-state index >= 15 is 0 Å². The first-order valence-electron chi connectivity index (χ1n) is 12.0. The van der Waals surface area contributed by atoms with Crippen molar-refractivity contribution in [1.82, 2.24) is 14.5 Å². The Morgan fingerprint density at radius 3 is 2.19 bits per heavy atom. The molecule has 1 N–H and O–H groups in total. The molecule has 0 heterocycles. The van der Waals surface area contributed by atoms with Crippen molar-refractivity contribution in [3.63, 3.8) is 0 Å². The van der Waals surface area contributed by atoms with E-state index < -0.39 is 34.5 Å². The van der Waals surface area contributed by atoms with Crippen molar-refractivity contribution in [2.75, 3.05) is 24.9 Å². The Morgan fingerprint density at radius 1 is 1.03 bits per heavy atom. The number of hydrogen-bond acceptors (Lipinski definition) is 4. The van der Waals surface area contributed by atoms with Crippen LogP contribution in [0.4, 0.5) is 10.1 Å². The van der Waals surface area contributed by atoms with Crippen LogP contribution >= 0.6 is 0 Å². The van der Waals surface area contributed by atoms with Crippen LogP contribution in [0.1, 0.15) is 44.7 Å². The van der Waals surface area contributed by atoms with Crippen LogP contribution in [0, 0.1) is 12.7 Å². The van der Waals surface area contributed by atoms with Gasteiger partial charge in [-0.05, 0) is 56.5 Å². The van der Waals surface area contributed by atoms with Crippen LogP contribution in [0.2, 0.25) is 0 Å². The molecule has 2 aromatic rings. The average molecular weight is 521 g/mol. The lowest BCUT2D eigenvalue weighted by Crippen LogP contribution is -2.54. The van der Waals surface area contributed by atoms with Crippen molar-refractivity contribution >= 4 is 27.7 Å². The first kappa shape index (κ1) is 29.3. The van der Waals surface area contributed by atoms with E-state index in [9.17, 15) is 22.4 Å². The van der Waals surface area contributed by atoms with Crippen molar-refractivity contribution in [3.05, 3.63) is 65.5 Å². The summed E-state index contributed by atoms with van der Waals surface area (Å²) in [5, 5.41) is 2.94. The molecule has 0 unspecified atom stereocenters. The molecule has 8 nitrogen and oxygen atoms in total. The Bertz CT molecular complexity index is 1140. The predicted octanol–water partition coefficient (Wildman–Crippen LogP) is 3.47. The van der Waals surface area contributed by atoms with Crippen molar-refractivity contribution < 1.29 is 22.4 Å². The van der Waals surface area contributed by atoms with Crippen LogP contribution < -0.4 is 9.62 Å². The lowest BCUT2D eigenvalue weighted by atomic mass is 10.1. The van der Waals surface area contributed by atoms with Gasteiger partial charge in [-0.15, -0.1) is 0 Å². The van der Waals surface area contributed by atoms with Crippen LogP contribution in [-0.4, -0.2) is 62.2 Å². The van der Waals surface area contributed by atoms with E-state index in [0.717, 1.165) is 38.3 Å². The van der Waals surface area contributed by atoms with Crippen LogP contribution in [-0.2, 0) is 26.3 Å². The maximum Gasteiger partial charge on any atom is 0.304 e. The normalized spacial score (nSPS) is 13.2. The van der Waals surface area contributed by atoms with Gasteiger partial charge in [0.05, 0.1) is 5.69 Å². The number of aryl methyl sites for hydroxylation is 1. The van der Waals surface area contributed by atoms with E-state index in [0.29, 0.717) is 6.42 Å². The van der Waals surface area contributed by atoms with E-state index in [4.69, 9.17) is 0 Å². The molecule has 2 atom stereocenters. The number of hydrogen-bond donors (Lipinski definition) is 1. The van der Waals surface area contributed by atoms with Crippen molar-refractivity contribution in [2.24, 2.45) is 0 Å². The minimum Gasteiger partial charge on any atom is -0.352 e. The molecule has 0 aliphatic heterocycles. The lowest BCUT2D eigenvalue weighted by Gasteiger charge is -2.34. The van der Waals surface area contributed by atoms with Gasteiger partial charge < -0.3 is 10.2 Å². The van der Waals surface area contributed by atoms with Crippen LogP contribution in [0.25, 0.3) is 0 Å². The van der Waals surface area contributed by atoms with Crippen molar-refractivity contribution in [2.45, 2.75) is 59.2 Å². The van der Waals surface area contributed by atoms with E-state index in [1.54, 1.807) is 0 Å². The lowest BCUT2D eigenvalue weighted by molar-refractivity contribution is -0.140. The van der Waals surface area contributed by atoms with Gasteiger partial charge >= 0.3 is 10.2 Å². The fraction of sp³-hybridized carbons (Fsp3) is 0.462. The Kier molecular flexibility index (Phi) is 10.4. The highest BCUT2D eigenvalue weighted by Gasteiger charge is 2.34. The third-order valence-electron chi connectivity index (χ3n) is 5.96. The zero-order valence-electron chi connectivity index (χ0n) is 21.9. The number of amides is 2. The van der Waals surface area contributed by atoms with E-state index in [-0.39, 0.29) is 24.2 Å². The number of rotatable bonds is 12. The summed E-state index contributed by atoms with van der Waals surface area (Å²) in [5.74, 6) is -1.37. The zero-order chi connectivity index (χ0) is 27.0. The van der Waals surface area contributed by atoms with Crippen LogP contribution in [0.5, 0.6) is 0 Å². The molecule has 10 heteroatoms. The molecule has 36 heavy (non-hydrogen) atoms. The Balaban J connectivity index is 2.50. The van der Waals surface area contributed by atoms with Gasteiger partial charge in [-0.1, -0.05) is 43.7 Å². The second-order valence-electron chi connectivity index (χ2n) is 9.03. The minimum atomic E-state index is -4.09.